The summed E-state index contributed by atoms with van der Waals surface area (Å²) >= 11 is 0. The number of benzene rings is 2. The zero-order valence-corrected chi connectivity index (χ0v) is 12.0. The Morgan fingerprint density at radius 2 is 1.86 bits per heavy atom. The minimum Gasteiger partial charge on any atom is -0.508 e. The van der Waals surface area contributed by atoms with Crippen LogP contribution in [0, 0.1) is 11.6 Å². The summed E-state index contributed by atoms with van der Waals surface area (Å²) in [7, 11) is 0. The molecule has 1 unspecified atom stereocenters. The number of fused-ring (bicyclic) bond motifs is 1. The quantitative estimate of drug-likeness (QED) is 0.849. The van der Waals surface area contributed by atoms with E-state index in [1.165, 1.54) is 6.07 Å². The van der Waals surface area contributed by atoms with E-state index in [4.69, 9.17) is 0 Å². The molecule has 2 aromatic rings. The molecule has 0 spiro atoms. The molecule has 2 aromatic carbocycles. The van der Waals surface area contributed by atoms with E-state index in [1.54, 1.807) is 12.1 Å². The highest BCUT2D eigenvalue weighted by Gasteiger charge is 2.38. The van der Waals surface area contributed by atoms with Crippen molar-refractivity contribution in [3.8, 4) is 5.75 Å². The van der Waals surface area contributed by atoms with E-state index >= 15 is 0 Å². The van der Waals surface area contributed by atoms with Crippen LogP contribution in [-0.4, -0.2) is 5.11 Å². The van der Waals surface area contributed by atoms with Crippen LogP contribution >= 0.6 is 0 Å². The van der Waals surface area contributed by atoms with Crippen LogP contribution in [-0.2, 0) is 11.8 Å². The van der Waals surface area contributed by atoms with Gasteiger partial charge in [0.2, 0.25) is 0 Å². The van der Waals surface area contributed by atoms with Crippen molar-refractivity contribution >= 4 is 0 Å². The summed E-state index contributed by atoms with van der Waals surface area (Å²) in [6.07, 6.45) is 3.17. The van der Waals surface area contributed by atoms with Gasteiger partial charge in [-0.25, -0.2) is 8.78 Å². The standard InChI is InChI=1S/C18H18F2O/c1-2-18(12-5-7-14(21)8-6-12)9-3-4-15-16(18)10-13(19)11-17(15)20/h5-8,10-11,21H,2-4,9H2,1H3. The third-order valence-electron chi connectivity index (χ3n) is 4.73. The van der Waals surface area contributed by atoms with Crippen molar-refractivity contribution in [3.63, 3.8) is 0 Å². The fourth-order valence-corrected chi connectivity index (χ4v) is 3.64. The van der Waals surface area contributed by atoms with E-state index in [-0.39, 0.29) is 11.2 Å². The Kier molecular flexibility index (Phi) is 3.44. The first kappa shape index (κ1) is 14.1. The SMILES string of the molecule is CCC1(c2ccc(O)cc2)CCCc2c(F)cc(F)cc21. The maximum absolute atomic E-state index is 14.1. The lowest BCUT2D eigenvalue weighted by molar-refractivity contribution is 0.399. The van der Waals surface area contributed by atoms with Crippen molar-refractivity contribution in [1.29, 1.82) is 0 Å². The third kappa shape index (κ3) is 2.21. The number of halogens is 2. The summed E-state index contributed by atoms with van der Waals surface area (Å²) in [5, 5.41) is 9.48. The summed E-state index contributed by atoms with van der Waals surface area (Å²) in [5.74, 6) is -0.766. The van der Waals surface area contributed by atoms with Crippen LogP contribution in [0.25, 0.3) is 0 Å². The Hall–Kier alpha value is -1.90. The Bertz CT molecular complexity index is 664. The third-order valence-corrected chi connectivity index (χ3v) is 4.73. The lowest BCUT2D eigenvalue weighted by Crippen LogP contribution is -2.32. The highest BCUT2D eigenvalue weighted by Crippen LogP contribution is 2.46. The van der Waals surface area contributed by atoms with Crippen molar-refractivity contribution in [2.45, 2.75) is 38.0 Å². The van der Waals surface area contributed by atoms with Crippen LogP contribution in [0.4, 0.5) is 8.78 Å². The molecule has 1 aliphatic carbocycles. The van der Waals surface area contributed by atoms with E-state index in [0.717, 1.165) is 36.5 Å². The topological polar surface area (TPSA) is 20.2 Å². The molecule has 0 bridgehead atoms. The Balaban J connectivity index is 2.23. The summed E-state index contributed by atoms with van der Waals surface area (Å²) in [4.78, 5) is 0. The summed E-state index contributed by atoms with van der Waals surface area (Å²) in [5.41, 5.74) is 2.04. The van der Waals surface area contributed by atoms with E-state index in [1.807, 2.05) is 19.1 Å². The van der Waals surface area contributed by atoms with Gasteiger partial charge in [-0.2, -0.15) is 0 Å². The predicted molar refractivity (Wildman–Crippen MR) is 78.5 cm³/mol. The zero-order valence-electron chi connectivity index (χ0n) is 12.0. The molecule has 3 rings (SSSR count). The Morgan fingerprint density at radius 3 is 2.52 bits per heavy atom. The second-order valence-electron chi connectivity index (χ2n) is 5.75. The fourth-order valence-electron chi connectivity index (χ4n) is 3.64. The van der Waals surface area contributed by atoms with E-state index in [2.05, 4.69) is 0 Å². The van der Waals surface area contributed by atoms with Gasteiger partial charge in [0.1, 0.15) is 17.4 Å². The molecule has 0 saturated carbocycles. The van der Waals surface area contributed by atoms with E-state index < -0.39 is 11.6 Å². The molecule has 0 aromatic heterocycles. The van der Waals surface area contributed by atoms with Crippen LogP contribution in [0.5, 0.6) is 5.75 Å². The van der Waals surface area contributed by atoms with E-state index in [9.17, 15) is 13.9 Å². The largest absolute Gasteiger partial charge is 0.508 e. The number of hydrogen-bond donors (Lipinski definition) is 1. The molecule has 1 N–H and O–H groups in total. The first-order valence-electron chi connectivity index (χ1n) is 7.35. The molecular weight excluding hydrogens is 270 g/mol. The number of phenols is 1. The van der Waals surface area contributed by atoms with E-state index in [0.29, 0.717) is 12.0 Å². The van der Waals surface area contributed by atoms with Crippen molar-refractivity contribution in [2.75, 3.05) is 0 Å². The first-order valence-corrected chi connectivity index (χ1v) is 7.35. The average Bonchev–Trinajstić information content (AvgIpc) is 2.47. The van der Waals surface area contributed by atoms with Gasteiger partial charge in [0.15, 0.2) is 0 Å². The second kappa shape index (κ2) is 5.14. The molecule has 0 saturated heterocycles. The molecule has 0 radical (unpaired) electrons. The van der Waals surface area contributed by atoms with Crippen molar-refractivity contribution < 1.29 is 13.9 Å². The predicted octanol–water partition coefficient (Wildman–Crippen LogP) is 4.70. The van der Waals surface area contributed by atoms with Crippen molar-refractivity contribution in [1.82, 2.24) is 0 Å². The summed E-state index contributed by atoms with van der Waals surface area (Å²) in [6, 6.07) is 9.44. The van der Waals surface area contributed by atoms with Crippen LogP contribution in [0.15, 0.2) is 36.4 Å². The smallest absolute Gasteiger partial charge is 0.129 e. The van der Waals surface area contributed by atoms with Crippen LogP contribution in [0.3, 0.4) is 0 Å². The number of rotatable bonds is 2. The van der Waals surface area contributed by atoms with Gasteiger partial charge < -0.3 is 5.11 Å². The maximum Gasteiger partial charge on any atom is 0.129 e. The second-order valence-corrected chi connectivity index (χ2v) is 5.75. The molecule has 0 heterocycles. The molecule has 0 fully saturated rings. The minimum absolute atomic E-state index is 0.200. The van der Waals surface area contributed by atoms with Gasteiger partial charge in [0.05, 0.1) is 0 Å². The van der Waals surface area contributed by atoms with Gasteiger partial charge in [-0.1, -0.05) is 19.1 Å². The van der Waals surface area contributed by atoms with Crippen LogP contribution in [0.1, 0.15) is 42.9 Å². The van der Waals surface area contributed by atoms with Gasteiger partial charge in [-0.3, -0.25) is 0 Å². The summed E-state index contributed by atoms with van der Waals surface area (Å²) in [6.45, 7) is 2.05. The van der Waals surface area contributed by atoms with Gasteiger partial charge in [-0.15, -0.1) is 0 Å². The van der Waals surface area contributed by atoms with Crippen LogP contribution in [0.2, 0.25) is 0 Å². The normalized spacial score (nSPS) is 21.1. The van der Waals surface area contributed by atoms with Crippen molar-refractivity contribution in [3.05, 3.63) is 64.7 Å². The molecule has 1 atom stereocenters. The highest BCUT2D eigenvalue weighted by atomic mass is 19.1. The average molecular weight is 288 g/mol. The molecule has 110 valence electrons. The van der Waals surface area contributed by atoms with Gasteiger partial charge >= 0.3 is 0 Å². The lowest BCUT2D eigenvalue weighted by atomic mass is 9.64. The molecule has 0 aliphatic heterocycles. The molecule has 1 aliphatic rings. The Morgan fingerprint density at radius 1 is 1.14 bits per heavy atom. The molecular formula is C18H18F2O. The van der Waals surface area contributed by atoms with Gasteiger partial charge in [0.25, 0.3) is 0 Å². The maximum atomic E-state index is 14.1. The van der Waals surface area contributed by atoms with Crippen LogP contribution < -0.4 is 0 Å². The molecule has 0 amide bonds. The molecule has 3 heteroatoms. The van der Waals surface area contributed by atoms with Gasteiger partial charge in [0, 0.05) is 11.5 Å². The molecule has 1 nitrogen and oxygen atoms in total. The number of aromatic hydroxyl groups is 1. The van der Waals surface area contributed by atoms with Gasteiger partial charge in [-0.05, 0) is 60.6 Å². The first-order chi connectivity index (χ1) is 10.1. The molecule has 21 heavy (non-hydrogen) atoms. The number of hydrogen-bond acceptors (Lipinski definition) is 1. The fraction of sp³-hybridized carbons (Fsp3) is 0.333. The minimum atomic E-state index is -0.523. The number of phenolic OH excluding ortho intramolecular Hbond substituents is 1. The Labute approximate surface area is 123 Å². The van der Waals surface area contributed by atoms with Crippen molar-refractivity contribution in [2.24, 2.45) is 0 Å². The zero-order chi connectivity index (χ0) is 15.0. The lowest BCUT2D eigenvalue weighted by Gasteiger charge is -2.39. The monoisotopic (exact) mass is 288 g/mol. The summed E-state index contributed by atoms with van der Waals surface area (Å²) < 4.78 is 27.8. The highest BCUT2D eigenvalue weighted by molar-refractivity contribution is 5.47.